The Morgan fingerprint density at radius 1 is 1.25 bits per heavy atom. The fraction of sp³-hybridized carbons (Fsp3) is 0.938. The lowest BCUT2D eigenvalue weighted by Gasteiger charge is -2.38. The molecule has 0 aromatic rings. The number of carbonyl (C=O) groups is 1. The number of amides is 1. The number of likely N-dealkylation sites (N-methyl/N-ethyl adjacent to an activating group) is 1. The van der Waals surface area contributed by atoms with Gasteiger partial charge in [0.2, 0.25) is 5.91 Å². The lowest BCUT2D eigenvalue weighted by Crippen LogP contribution is -2.52. The van der Waals surface area contributed by atoms with E-state index in [-0.39, 0.29) is 18.0 Å². The highest BCUT2D eigenvalue weighted by atomic mass is 16.2. The Morgan fingerprint density at radius 2 is 1.85 bits per heavy atom. The summed E-state index contributed by atoms with van der Waals surface area (Å²) < 4.78 is 0. The van der Waals surface area contributed by atoms with Crippen molar-refractivity contribution in [1.29, 1.82) is 0 Å². The topological polar surface area (TPSA) is 58.4 Å². The minimum Gasteiger partial charge on any atom is -0.352 e. The molecule has 4 nitrogen and oxygen atoms in total. The van der Waals surface area contributed by atoms with E-state index >= 15 is 0 Å². The molecule has 1 saturated carbocycles. The summed E-state index contributed by atoms with van der Waals surface area (Å²) in [6.45, 7) is 9.34. The van der Waals surface area contributed by atoms with Crippen molar-refractivity contribution in [2.75, 3.05) is 6.54 Å². The first-order valence-electron chi connectivity index (χ1n) is 8.31. The van der Waals surface area contributed by atoms with Crippen LogP contribution < -0.4 is 11.1 Å². The highest BCUT2D eigenvalue weighted by Crippen LogP contribution is 2.23. The zero-order valence-corrected chi connectivity index (χ0v) is 13.7. The number of nitrogens with zero attached hydrogens (tertiary/aromatic N) is 1. The molecule has 20 heavy (non-hydrogen) atoms. The number of nitrogens with two attached hydrogens (primary N) is 1. The second-order valence-electron chi connectivity index (χ2n) is 6.27. The SMILES string of the molecule is CCCC(C)NC(=O)C(C)N(CC)C1CCC(N)CC1. The minimum absolute atomic E-state index is 0.0429. The third-order valence-electron chi connectivity index (χ3n) is 4.56. The second kappa shape index (κ2) is 8.63. The Bertz CT molecular complexity index is 287. The van der Waals surface area contributed by atoms with Crippen molar-refractivity contribution in [3.8, 4) is 0 Å². The van der Waals surface area contributed by atoms with Crippen LogP contribution in [0.15, 0.2) is 0 Å². The van der Waals surface area contributed by atoms with Gasteiger partial charge in [-0.25, -0.2) is 0 Å². The highest BCUT2D eigenvalue weighted by Gasteiger charge is 2.29. The van der Waals surface area contributed by atoms with Crippen LogP contribution in [0, 0.1) is 0 Å². The largest absolute Gasteiger partial charge is 0.352 e. The molecule has 3 N–H and O–H groups in total. The summed E-state index contributed by atoms with van der Waals surface area (Å²) in [5, 5.41) is 3.14. The van der Waals surface area contributed by atoms with Crippen LogP contribution in [-0.2, 0) is 4.79 Å². The van der Waals surface area contributed by atoms with Gasteiger partial charge in [0.05, 0.1) is 6.04 Å². The third kappa shape index (κ3) is 5.06. The zero-order chi connectivity index (χ0) is 15.1. The molecule has 1 aliphatic carbocycles. The molecule has 0 aromatic heterocycles. The van der Waals surface area contributed by atoms with Gasteiger partial charge in [0.25, 0.3) is 0 Å². The monoisotopic (exact) mass is 283 g/mol. The molecular weight excluding hydrogens is 250 g/mol. The standard InChI is InChI=1S/C16H33N3O/c1-5-7-12(3)18-16(20)13(4)19(6-2)15-10-8-14(17)9-11-15/h12-15H,5-11,17H2,1-4H3,(H,18,20). The number of hydrogen-bond acceptors (Lipinski definition) is 3. The summed E-state index contributed by atoms with van der Waals surface area (Å²) in [5.74, 6) is 0.169. The molecular formula is C16H33N3O. The molecule has 1 rings (SSSR count). The number of hydrogen-bond donors (Lipinski definition) is 2. The van der Waals surface area contributed by atoms with E-state index in [9.17, 15) is 4.79 Å². The Morgan fingerprint density at radius 3 is 2.35 bits per heavy atom. The van der Waals surface area contributed by atoms with E-state index in [1.54, 1.807) is 0 Å². The maximum atomic E-state index is 12.4. The van der Waals surface area contributed by atoms with Gasteiger partial charge in [-0.3, -0.25) is 9.69 Å². The van der Waals surface area contributed by atoms with Gasteiger partial charge in [-0.2, -0.15) is 0 Å². The Balaban J connectivity index is 2.53. The van der Waals surface area contributed by atoms with E-state index in [0.717, 1.165) is 45.1 Å². The zero-order valence-electron chi connectivity index (χ0n) is 13.7. The summed E-state index contributed by atoms with van der Waals surface area (Å²) >= 11 is 0. The van der Waals surface area contributed by atoms with Crippen LogP contribution in [-0.4, -0.2) is 41.5 Å². The van der Waals surface area contributed by atoms with Crippen molar-refractivity contribution in [3.63, 3.8) is 0 Å². The van der Waals surface area contributed by atoms with Crippen molar-refractivity contribution < 1.29 is 4.79 Å². The van der Waals surface area contributed by atoms with E-state index in [1.807, 2.05) is 6.92 Å². The predicted octanol–water partition coefficient (Wildman–Crippen LogP) is 2.27. The number of nitrogens with one attached hydrogen (secondary N) is 1. The summed E-state index contributed by atoms with van der Waals surface area (Å²) in [6, 6.07) is 1.10. The fourth-order valence-corrected chi connectivity index (χ4v) is 3.30. The molecule has 2 atom stereocenters. The molecule has 0 aromatic carbocycles. The Labute approximate surface area is 124 Å². The maximum absolute atomic E-state index is 12.4. The van der Waals surface area contributed by atoms with Crippen LogP contribution in [0.5, 0.6) is 0 Å². The van der Waals surface area contributed by atoms with Gasteiger partial charge in [-0.15, -0.1) is 0 Å². The molecule has 118 valence electrons. The van der Waals surface area contributed by atoms with Crippen molar-refractivity contribution in [2.45, 2.75) is 90.4 Å². The summed E-state index contributed by atoms with van der Waals surface area (Å²) in [6.07, 6.45) is 6.56. The molecule has 4 heteroatoms. The molecule has 1 fully saturated rings. The lowest BCUT2D eigenvalue weighted by molar-refractivity contribution is -0.127. The molecule has 1 amide bonds. The molecule has 0 bridgehead atoms. The molecule has 2 unspecified atom stereocenters. The maximum Gasteiger partial charge on any atom is 0.237 e. The molecule has 0 saturated heterocycles. The first-order chi connectivity index (χ1) is 9.49. The van der Waals surface area contributed by atoms with Crippen molar-refractivity contribution in [3.05, 3.63) is 0 Å². The van der Waals surface area contributed by atoms with Crippen molar-refractivity contribution >= 4 is 5.91 Å². The van der Waals surface area contributed by atoms with Crippen LogP contribution in [0.2, 0.25) is 0 Å². The molecule has 0 spiro atoms. The highest BCUT2D eigenvalue weighted by molar-refractivity contribution is 5.81. The predicted molar refractivity (Wildman–Crippen MR) is 84.6 cm³/mol. The average molecular weight is 283 g/mol. The van der Waals surface area contributed by atoms with Gasteiger partial charge < -0.3 is 11.1 Å². The molecule has 0 radical (unpaired) electrons. The smallest absolute Gasteiger partial charge is 0.237 e. The van der Waals surface area contributed by atoms with E-state index in [1.165, 1.54) is 0 Å². The first kappa shape index (κ1) is 17.4. The van der Waals surface area contributed by atoms with Crippen LogP contribution in [0.25, 0.3) is 0 Å². The van der Waals surface area contributed by atoms with Gasteiger partial charge in [-0.05, 0) is 52.5 Å². The van der Waals surface area contributed by atoms with E-state index in [2.05, 4.69) is 31.0 Å². The van der Waals surface area contributed by atoms with E-state index in [4.69, 9.17) is 5.73 Å². The molecule has 0 heterocycles. The normalized spacial score (nSPS) is 26.3. The van der Waals surface area contributed by atoms with Gasteiger partial charge in [0.1, 0.15) is 0 Å². The molecule has 0 aliphatic heterocycles. The fourth-order valence-electron chi connectivity index (χ4n) is 3.30. The van der Waals surface area contributed by atoms with Crippen molar-refractivity contribution in [1.82, 2.24) is 10.2 Å². The van der Waals surface area contributed by atoms with Gasteiger partial charge in [-0.1, -0.05) is 20.3 Å². The van der Waals surface area contributed by atoms with Crippen LogP contribution in [0.4, 0.5) is 0 Å². The molecule has 1 aliphatic rings. The quantitative estimate of drug-likeness (QED) is 0.753. The summed E-state index contributed by atoms with van der Waals surface area (Å²) in [4.78, 5) is 14.7. The lowest BCUT2D eigenvalue weighted by atomic mass is 9.90. The number of rotatable bonds is 7. The summed E-state index contributed by atoms with van der Waals surface area (Å²) in [5.41, 5.74) is 5.98. The van der Waals surface area contributed by atoms with Gasteiger partial charge >= 0.3 is 0 Å². The van der Waals surface area contributed by atoms with Gasteiger partial charge in [0, 0.05) is 18.1 Å². The van der Waals surface area contributed by atoms with Crippen LogP contribution in [0.1, 0.15) is 66.2 Å². The van der Waals surface area contributed by atoms with E-state index in [0.29, 0.717) is 12.1 Å². The van der Waals surface area contributed by atoms with Crippen LogP contribution in [0.3, 0.4) is 0 Å². The summed E-state index contributed by atoms with van der Waals surface area (Å²) in [7, 11) is 0. The second-order valence-corrected chi connectivity index (χ2v) is 6.27. The van der Waals surface area contributed by atoms with E-state index < -0.39 is 0 Å². The van der Waals surface area contributed by atoms with Crippen LogP contribution >= 0.6 is 0 Å². The minimum atomic E-state index is -0.0429. The number of carbonyl (C=O) groups excluding carboxylic acids is 1. The Kier molecular flexibility index (Phi) is 7.52. The van der Waals surface area contributed by atoms with Crippen molar-refractivity contribution in [2.24, 2.45) is 5.73 Å². The third-order valence-corrected chi connectivity index (χ3v) is 4.56. The first-order valence-corrected chi connectivity index (χ1v) is 8.31. The Hall–Kier alpha value is -0.610. The average Bonchev–Trinajstić information content (AvgIpc) is 2.41. The van der Waals surface area contributed by atoms with Gasteiger partial charge in [0.15, 0.2) is 0 Å².